The summed E-state index contributed by atoms with van der Waals surface area (Å²) in [6.07, 6.45) is 0.992. The lowest BCUT2D eigenvalue weighted by Crippen LogP contribution is -2.45. The van der Waals surface area contributed by atoms with Crippen molar-refractivity contribution in [2.45, 2.75) is 6.42 Å². The third kappa shape index (κ3) is 6.90. The van der Waals surface area contributed by atoms with E-state index in [1.807, 2.05) is 0 Å². The number of rotatable bonds is 8. The zero-order valence-corrected chi connectivity index (χ0v) is 11.4. The second-order valence-corrected chi connectivity index (χ2v) is 4.69. The molecule has 1 saturated heterocycles. The number of hydrogen-bond acceptors (Lipinski definition) is 5. The number of ether oxygens (including phenoxy) is 1. The van der Waals surface area contributed by atoms with Crippen LogP contribution in [0.25, 0.3) is 0 Å². The molecule has 0 saturated carbocycles. The molecule has 0 atom stereocenters. The highest BCUT2D eigenvalue weighted by Gasteiger charge is 2.12. The number of amides is 1. The van der Waals surface area contributed by atoms with Crippen molar-refractivity contribution in [2.24, 2.45) is 5.73 Å². The molecule has 6 nitrogen and oxygen atoms in total. The summed E-state index contributed by atoms with van der Waals surface area (Å²) in [5.41, 5.74) is 5.26. The molecule has 1 aliphatic heterocycles. The number of nitrogens with one attached hydrogen (secondary N) is 1. The maximum absolute atomic E-state index is 11.3. The molecule has 0 spiro atoms. The van der Waals surface area contributed by atoms with Crippen molar-refractivity contribution in [1.29, 1.82) is 0 Å². The van der Waals surface area contributed by atoms with E-state index >= 15 is 0 Å². The molecule has 0 radical (unpaired) electrons. The average molecular weight is 258 g/mol. The van der Waals surface area contributed by atoms with Crippen LogP contribution in [0.15, 0.2) is 0 Å². The first-order valence-corrected chi connectivity index (χ1v) is 6.68. The van der Waals surface area contributed by atoms with Crippen molar-refractivity contribution >= 4 is 5.91 Å². The molecule has 3 N–H and O–H groups in total. The number of hydrogen-bond donors (Lipinski definition) is 2. The van der Waals surface area contributed by atoms with Gasteiger partial charge in [0.05, 0.1) is 6.61 Å². The van der Waals surface area contributed by atoms with E-state index in [9.17, 15) is 4.79 Å². The van der Waals surface area contributed by atoms with Crippen molar-refractivity contribution < 1.29 is 9.53 Å². The van der Waals surface area contributed by atoms with Gasteiger partial charge in [0.15, 0.2) is 0 Å². The lowest BCUT2D eigenvalue weighted by Gasteiger charge is -2.32. The zero-order valence-electron chi connectivity index (χ0n) is 11.4. The third-order valence-corrected chi connectivity index (χ3v) is 3.06. The van der Waals surface area contributed by atoms with E-state index < -0.39 is 0 Å². The first-order valence-electron chi connectivity index (χ1n) is 6.68. The minimum atomic E-state index is -0.0539. The fraction of sp³-hybridized carbons (Fsp3) is 0.917. The van der Waals surface area contributed by atoms with Gasteiger partial charge in [-0.05, 0) is 20.0 Å². The van der Waals surface area contributed by atoms with E-state index in [2.05, 4.69) is 22.2 Å². The molecule has 0 aromatic carbocycles. The molecule has 106 valence electrons. The molecule has 0 aromatic rings. The molecule has 1 amide bonds. The van der Waals surface area contributed by atoms with Crippen molar-refractivity contribution in [1.82, 2.24) is 15.1 Å². The Hall–Kier alpha value is -0.690. The van der Waals surface area contributed by atoms with E-state index in [-0.39, 0.29) is 12.5 Å². The van der Waals surface area contributed by atoms with Gasteiger partial charge in [0.25, 0.3) is 0 Å². The van der Waals surface area contributed by atoms with Crippen molar-refractivity contribution in [3.05, 3.63) is 0 Å². The number of likely N-dealkylation sites (N-methyl/N-ethyl adjacent to an activating group) is 1. The molecule has 0 unspecified atom stereocenters. The number of nitrogens with zero attached hydrogens (tertiary/aromatic N) is 2. The number of nitrogens with two attached hydrogens (primary N) is 1. The molecule has 0 aromatic heterocycles. The number of carbonyl (C=O) groups excluding carboxylic acids is 1. The number of carbonyl (C=O) groups is 1. The van der Waals surface area contributed by atoms with Gasteiger partial charge in [-0.1, -0.05) is 0 Å². The van der Waals surface area contributed by atoms with Gasteiger partial charge >= 0.3 is 0 Å². The predicted octanol–water partition coefficient (Wildman–Crippen LogP) is -1.28. The maximum Gasteiger partial charge on any atom is 0.245 e. The van der Waals surface area contributed by atoms with E-state index in [1.165, 1.54) is 0 Å². The SMILES string of the molecule is CN1CCN(CCCNC(=O)COCCN)CC1. The Morgan fingerprint density at radius 1 is 1.33 bits per heavy atom. The average Bonchev–Trinajstić information content (AvgIpc) is 2.37. The van der Waals surface area contributed by atoms with Crippen molar-refractivity contribution in [2.75, 3.05) is 66.1 Å². The van der Waals surface area contributed by atoms with Crippen LogP contribution in [0, 0.1) is 0 Å². The smallest absolute Gasteiger partial charge is 0.245 e. The fourth-order valence-electron chi connectivity index (χ4n) is 1.90. The highest BCUT2D eigenvalue weighted by Crippen LogP contribution is 1.99. The summed E-state index contributed by atoms with van der Waals surface area (Å²) in [5.74, 6) is -0.0539. The van der Waals surface area contributed by atoms with Gasteiger partial charge in [-0.25, -0.2) is 0 Å². The Morgan fingerprint density at radius 3 is 2.72 bits per heavy atom. The minimum Gasteiger partial charge on any atom is -0.370 e. The summed E-state index contributed by atoms with van der Waals surface area (Å²) in [5, 5.41) is 2.85. The normalized spacial score (nSPS) is 17.9. The van der Waals surface area contributed by atoms with Crippen LogP contribution >= 0.6 is 0 Å². The van der Waals surface area contributed by atoms with E-state index in [1.54, 1.807) is 0 Å². The first-order chi connectivity index (χ1) is 8.72. The lowest BCUT2D eigenvalue weighted by atomic mass is 10.3. The van der Waals surface area contributed by atoms with Gasteiger partial charge in [-0.3, -0.25) is 4.79 Å². The van der Waals surface area contributed by atoms with Gasteiger partial charge in [-0.2, -0.15) is 0 Å². The summed E-state index contributed by atoms with van der Waals surface area (Å²) in [4.78, 5) is 16.1. The van der Waals surface area contributed by atoms with E-state index in [0.717, 1.165) is 45.7 Å². The van der Waals surface area contributed by atoms with Gasteiger partial charge in [0.1, 0.15) is 6.61 Å². The van der Waals surface area contributed by atoms with E-state index in [4.69, 9.17) is 10.5 Å². The molecule has 1 fully saturated rings. The zero-order chi connectivity index (χ0) is 13.2. The molecule has 18 heavy (non-hydrogen) atoms. The highest BCUT2D eigenvalue weighted by molar-refractivity contribution is 5.77. The summed E-state index contributed by atoms with van der Waals surface area (Å²) in [6, 6.07) is 0. The van der Waals surface area contributed by atoms with Crippen LogP contribution < -0.4 is 11.1 Å². The molecule has 6 heteroatoms. The quantitative estimate of drug-likeness (QED) is 0.530. The third-order valence-electron chi connectivity index (χ3n) is 3.06. The monoisotopic (exact) mass is 258 g/mol. The lowest BCUT2D eigenvalue weighted by molar-refractivity contribution is -0.125. The standard InChI is InChI=1S/C12H26N4O2/c1-15-6-8-16(9-7-15)5-2-4-14-12(17)11-18-10-3-13/h2-11,13H2,1H3,(H,14,17). The van der Waals surface area contributed by atoms with Crippen LogP contribution in [0.5, 0.6) is 0 Å². The summed E-state index contributed by atoms with van der Waals surface area (Å²) in [6.45, 7) is 7.32. The Bertz CT molecular complexity index is 230. The van der Waals surface area contributed by atoms with Gasteiger partial charge in [-0.15, -0.1) is 0 Å². The molecule has 1 rings (SSSR count). The molecule has 0 bridgehead atoms. The highest BCUT2D eigenvalue weighted by atomic mass is 16.5. The second-order valence-electron chi connectivity index (χ2n) is 4.69. The number of piperazine rings is 1. The first kappa shape index (κ1) is 15.4. The topological polar surface area (TPSA) is 70.8 Å². The summed E-state index contributed by atoms with van der Waals surface area (Å²) in [7, 11) is 2.15. The Morgan fingerprint density at radius 2 is 2.06 bits per heavy atom. The second kappa shape index (κ2) is 9.27. The molecule has 1 aliphatic rings. The molecular formula is C12H26N4O2. The largest absolute Gasteiger partial charge is 0.370 e. The van der Waals surface area contributed by atoms with Gasteiger partial charge < -0.3 is 25.6 Å². The summed E-state index contributed by atoms with van der Waals surface area (Å²) >= 11 is 0. The minimum absolute atomic E-state index is 0.0539. The Balaban J connectivity index is 1.93. The van der Waals surface area contributed by atoms with Crippen LogP contribution in [-0.2, 0) is 9.53 Å². The summed E-state index contributed by atoms with van der Waals surface area (Å²) < 4.78 is 5.05. The molecular weight excluding hydrogens is 232 g/mol. The van der Waals surface area contributed by atoms with Crippen molar-refractivity contribution in [3.8, 4) is 0 Å². The van der Waals surface area contributed by atoms with Crippen LogP contribution in [0.3, 0.4) is 0 Å². The van der Waals surface area contributed by atoms with Crippen LogP contribution in [0.2, 0.25) is 0 Å². The Labute approximate surface area is 109 Å². The molecule has 0 aliphatic carbocycles. The van der Waals surface area contributed by atoms with Gasteiger partial charge in [0.2, 0.25) is 5.91 Å². The van der Waals surface area contributed by atoms with Crippen LogP contribution in [0.1, 0.15) is 6.42 Å². The van der Waals surface area contributed by atoms with E-state index in [0.29, 0.717) is 13.2 Å². The fourth-order valence-corrected chi connectivity index (χ4v) is 1.90. The van der Waals surface area contributed by atoms with Crippen molar-refractivity contribution in [3.63, 3.8) is 0 Å². The molecule has 1 heterocycles. The van der Waals surface area contributed by atoms with Crippen LogP contribution in [-0.4, -0.2) is 81.8 Å². The maximum atomic E-state index is 11.3. The van der Waals surface area contributed by atoms with Gasteiger partial charge in [0, 0.05) is 39.3 Å². The van der Waals surface area contributed by atoms with Crippen LogP contribution in [0.4, 0.5) is 0 Å². The predicted molar refractivity (Wildman–Crippen MR) is 71.4 cm³/mol. The Kier molecular flexibility index (Phi) is 7.91.